The Labute approximate surface area is 131 Å². The molecule has 0 bridgehead atoms. The van der Waals surface area contributed by atoms with Crippen molar-refractivity contribution in [3.8, 4) is 0 Å². The van der Waals surface area contributed by atoms with Crippen molar-refractivity contribution in [2.45, 2.75) is 37.5 Å². The lowest BCUT2D eigenvalue weighted by molar-refractivity contribution is 0.257. The Hall–Kier alpha value is -1.05. The summed E-state index contributed by atoms with van der Waals surface area (Å²) in [6, 6.07) is 3.01. The van der Waals surface area contributed by atoms with E-state index >= 15 is 0 Å². The number of nitrogens with zero attached hydrogens (tertiary/aromatic N) is 1. The third kappa shape index (κ3) is 4.21. The number of aromatic nitrogens is 1. The summed E-state index contributed by atoms with van der Waals surface area (Å²) in [5.41, 5.74) is 5.87. The highest BCUT2D eigenvalue weighted by Crippen LogP contribution is 2.29. The molecule has 1 heterocycles. The van der Waals surface area contributed by atoms with Crippen LogP contribution in [0.15, 0.2) is 23.2 Å². The maximum atomic E-state index is 12.2. The van der Waals surface area contributed by atoms with Crippen LogP contribution in [0.4, 0.5) is 0 Å². The summed E-state index contributed by atoms with van der Waals surface area (Å²) in [5, 5.41) is 0. The maximum Gasteiger partial charge on any atom is 0.242 e. The van der Waals surface area contributed by atoms with E-state index in [0.717, 1.165) is 6.42 Å². The number of hydrogen-bond donors (Lipinski definition) is 2. The number of hydrogen-bond acceptors (Lipinski definition) is 4. The Balaban J connectivity index is 2.02. The van der Waals surface area contributed by atoms with Gasteiger partial charge in [-0.3, -0.25) is 4.98 Å². The molecule has 3 N–H and O–H groups in total. The Bertz CT molecular complexity index is 599. The summed E-state index contributed by atoms with van der Waals surface area (Å²) in [6.45, 7) is 2.68. The minimum atomic E-state index is -3.52. The number of rotatable bonds is 5. The van der Waals surface area contributed by atoms with Gasteiger partial charge in [0.1, 0.15) is 9.88 Å². The first-order valence-corrected chi connectivity index (χ1v) is 9.05. The summed E-state index contributed by atoms with van der Waals surface area (Å²) in [7, 11) is -3.52. The lowest BCUT2D eigenvalue weighted by Crippen LogP contribution is -2.33. The highest BCUT2D eigenvalue weighted by atomic mass is 32.2. The first kappa shape index (κ1) is 16.3. The van der Waals surface area contributed by atoms with Gasteiger partial charge < -0.3 is 5.73 Å². The van der Waals surface area contributed by atoms with Gasteiger partial charge in [0.25, 0.3) is 0 Å². The Morgan fingerprint density at radius 2 is 2.14 bits per heavy atom. The molecular weight excluding hydrogens is 306 g/mol. The van der Waals surface area contributed by atoms with E-state index in [2.05, 4.69) is 16.6 Å². The van der Waals surface area contributed by atoms with Gasteiger partial charge in [0.15, 0.2) is 0 Å². The quantitative estimate of drug-likeness (QED) is 0.806. The molecule has 1 fully saturated rings. The van der Waals surface area contributed by atoms with Gasteiger partial charge in [-0.15, -0.1) is 0 Å². The van der Waals surface area contributed by atoms with Gasteiger partial charge in [-0.2, -0.15) is 0 Å². The van der Waals surface area contributed by atoms with Crippen LogP contribution in [0.25, 0.3) is 0 Å². The summed E-state index contributed by atoms with van der Waals surface area (Å²) in [6.07, 6.45) is 5.98. The van der Waals surface area contributed by atoms with E-state index in [0.29, 0.717) is 24.1 Å². The number of pyridine rings is 1. The van der Waals surface area contributed by atoms with Crippen LogP contribution in [0.5, 0.6) is 0 Å². The zero-order valence-corrected chi connectivity index (χ0v) is 13.7. The van der Waals surface area contributed by atoms with Gasteiger partial charge >= 0.3 is 0 Å². The maximum absolute atomic E-state index is 12.2. The molecule has 0 aliphatic heterocycles. The Kier molecular flexibility index (Phi) is 5.29. The monoisotopic (exact) mass is 327 g/mol. The number of sulfonamides is 1. The zero-order chi connectivity index (χ0) is 15.5. The molecule has 2 unspecified atom stereocenters. The van der Waals surface area contributed by atoms with Crippen molar-refractivity contribution < 1.29 is 8.42 Å². The number of nitrogens with one attached hydrogen (secondary N) is 1. The molecule has 1 aromatic heterocycles. The number of thiocarbonyl (C=S) groups is 1. The highest BCUT2D eigenvalue weighted by Gasteiger charge is 2.23. The standard InChI is InChI=1S/C14H21N3O2S2/c1-10-4-2-3-5-11(10)8-17-21(18,19)12-6-7-13(14(15)20)16-9-12/h6-7,9-11,17H,2-5,8H2,1H3,(H2,15,20). The second kappa shape index (κ2) is 6.81. The van der Waals surface area contributed by atoms with Gasteiger partial charge in [-0.25, -0.2) is 13.1 Å². The smallest absolute Gasteiger partial charge is 0.242 e. The highest BCUT2D eigenvalue weighted by molar-refractivity contribution is 7.89. The molecule has 1 aliphatic rings. The molecule has 2 atom stereocenters. The van der Waals surface area contributed by atoms with Crippen LogP contribution < -0.4 is 10.5 Å². The molecular formula is C14H21N3O2S2. The lowest BCUT2D eigenvalue weighted by atomic mass is 9.81. The van der Waals surface area contributed by atoms with E-state index in [1.807, 2.05) is 0 Å². The van der Waals surface area contributed by atoms with Crippen molar-refractivity contribution >= 4 is 27.2 Å². The molecule has 0 spiro atoms. The van der Waals surface area contributed by atoms with Gasteiger partial charge in [0.2, 0.25) is 10.0 Å². The van der Waals surface area contributed by atoms with E-state index in [9.17, 15) is 8.42 Å². The van der Waals surface area contributed by atoms with Gasteiger partial charge in [0, 0.05) is 12.7 Å². The average Bonchev–Trinajstić information content (AvgIpc) is 2.46. The molecule has 0 amide bonds. The van der Waals surface area contributed by atoms with E-state index in [1.54, 1.807) is 0 Å². The second-order valence-electron chi connectivity index (χ2n) is 5.62. The predicted molar refractivity (Wildman–Crippen MR) is 86.4 cm³/mol. The molecule has 21 heavy (non-hydrogen) atoms. The Morgan fingerprint density at radius 1 is 1.43 bits per heavy atom. The SMILES string of the molecule is CC1CCCCC1CNS(=O)(=O)c1ccc(C(N)=S)nc1. The van der Waals surface area contributed by atoms with Crippen LogP contribution in [-0.2, 0) is 10.0 Å². The lowest BCUT2D eigenvalue weighted by Gasteiger charge is -2.28. The van der Waals surface area contributed by atoms with Gasteiger partial charge in [0.05, 0.1) is 5.69 Å². The number of nitrogens with two attached hydrogens (primary N) is 1. The third-order valence-corrected chi connectivity index (χ3v) is 5.74. The van der Waals surface area contributed by atoms with Crippen molar-refractivity contribution in [2.24, 2.45) is 17.6 Å². The molecule has 5 nitrogen and oxygen atoms in total. The molecule has 0 aromatic carbocycles. The van der Waals surface area contributed by atoms with Crippen LogP contribution in [-0.4, -0.2) is 24.9 Å². The van der Waals surface area contributed by atoms with E-state index in [4.69, 9.17) is 18.0 Å². The normalized spacial score (nSPS) is 22.9. The summed E-state index contributed by atoms with van der Waals surface area (Å²) in [5.74, 6) is 0.981. The third-order valence-electron chi connectivity index (χ3n) is 4.12. The van der Waals surface area contributed by atoms with E-state index in [-0.39, 0.29) is 9.88 Å². The van der Waals surface area contributed by atoms with Crippen LogP contribution >= 0.6 is 12.2 Å². The Morgan fingerprint density at radius 3 is 2.71 bits per heavy atom. The first-order chi connectivity index (χ1) is 9.90. The van der Waals surface area contributed by atoms with Crippen molar-refractivity contribution in [1.29, 1.82) is 0 Å². The van der Waals surface area contributed by atoms with Crippen LogP contribution in [0.1, 0.15) is 38.3 Å². The molecule has 116 valence electrons. The summed E-state index contributed by atoms with van der Waals surface area (Å²) < 4.78 is 27.2. The fourth-order valence-electron chi connectivity index (χ4n) is 2.68. The summed E-state index contributed by atoms with van der Waals surface area (Å²) in [4.78, 5) is 4.27. The van der Waals surface area contributed by atoms with Gasteiger partial charge in [-0.1, -0.05) is 38.4 Å². The molecule has 7 heteroatoms. The predicted octanol–water partition coefficient (Wildman–Crippen LogP) is 1.82. The molecule has 0 saturated heterocycles. The fourth-order valence-corrected chi connectivity index (χ4v) is 3.84. The van der Waals surface area contributed by atoms with E-state index < -0.39 is 10.0 Å². The average molecular weight is 327 g/mol. The van der Waals surface area contributed by atoms with Crippen molar-refractivity contribution in [3.05, 3.63) is 24.0 Å². The van der Waals surface area contributed by atoms with Crippen LogP contribution in [0.2, 0.25) is 0 Å². The second-order valence-corrected chi connectivity index (χ2v) is 7.82. The van der Waals surface area contributed by atoms with E-state index in [1.165, 1.54) is 37.6 Å². The zero-order valence-electron chi connectivity index (χ0n) is 12.1. The molecule has 1 aromatic rings. The molecule has 0 radical (unpaired) electrons. The molecule has 1 aliphatic carbocycles. The van der Waals surface area contributed by atoms with Gasteiger partial charge in [-0.05, 0) is 30.4 Å². The van der Waals surface area contributed by atoms with Crippen molar-refractivity contribution in [3.63, 3.8) is 0 Å². The van der Waals surface area contributed by atoms with Crippen LogP contribution in [0, 0.1) is 11.8 Å². The summed E-state index contributed by atoms with van der Waals surface area (Å²) >= 11 is 4.80. The largest absolute Gasteiger partial charge is 0.388 e. The van der Waals surface area contributed by atoms with Crippen molar-refractivity contribution in [2.75, 3.05) is 6.54 Å². The topological polar surface area (TPSA) is 85.1 Å². The minimum Gasteiger partial charge on any atom is -0.388 e. The van der Waals surface area contributed by atoms with Crippen molar-refractivity contribution in [1.82, 2.24) is 9.71 Å². The molecule has 2 rings (SSSR count). The first-order valence-electron chi connectivity index (χ1n) is 7.15. The fraction of sp³-hybridized carbons (Fsp3) is 0.571. The minimum absolute atomic E-state index is 0.144. The van der Waals surface area contributed by atoms with Crippen LogP contribution in [0.3, 0.4) is 0 Å². The molecule has 1 saturated carbocycles.